The molecule has 3 N–H and O–H groups in total. The zero-order chi connectivity index (χ0) is 14.8. The fourth-order valence-corrected chi connectivity index (χ4v) is 1.95. The number of hydrogen-bond donors (Lipinski definition) is 2. The number of fused-ring (bicyclic) bond motifs is 1. The number of aromatic nitrogens is 4. The molecule has 0 aliphatic rings. The van der Waals surface area contributed by atoms with Gasteiger partial charge < -0.3 is 15.8 Å². The number of ether oxygens (including phenoxy) is 1. The molecular weight excluding hydrogens is 270 g/mol. The van der Waals surface area contributed by atoms with Crippen LogP contribution in [-0.2, 0) is 0 Å². The first-order valence-corrected chi connectivity index (χ1v) is 6.04. The second kappa shape index (κ2) is 4.97. The number of hydrogen-bond acceptors (Lipinski definition) is 7. The number of benzene rings is 1. The van der Waals surface area contributed by atoms with Crippen molar-refractivity contribution in [2.24, 2.45) is 0 Å². The lowest BCUT2D eigenvalue weighted by Crippen LogP contribution is -2.02. The van der Waals surface area contributed by atoms with Gasteiger partial charge in [0.05, 0.1) is 12.8 Å². The number of nitrogens with one attached hydrogen (secondary N) is 1. The molecule has 0 saturated heterocycles. The summed E-state index contributed by atoms with van der Waals surface area (Å²) in [7, 11) is 1.57. The first kappa shape index (κ1) is 12.7. The number of nitrogen functional groups attached to an aromatic ring is 1. The van der Waals surface area contributed by atoms with Crippen molar-refractivity contribution in [2.75, 3.05) is 18.2 Å². The summed E-state index contributed by atoms with van der Waals surface area (Å²) >= 11 is 0. The molecule has 0 bridgehead atoms. The highest BCUT2D eigenvalue weighted by Crippen LogP contribution is 2.29. The molecular formula is C13H11N7O. The third kappa shape index (κ3) is 2.06. The van der Waals surface area contributed by atoms with Gasteiger partial charge in [0, 0.05) is 0 Å². The monoisotopic (exact) mass is 281 g/mol. The minimum absolute atomic E-state index is 0.157. The molecule has 0 fully saturated rings. The van der Waals surface area contributed by atoms with Gasteiger partial charge in [-0.3, -0.25) is 0 Å². The number of nitriles is 1. The first-order valence-electron chi connectivity index (χ1n) is 6.04. The van der Waals surface area contributed by atoms with E-state index in [9.17, 15) is 5.26 Å². The van der Waals surface area contributed by atoms with Crippen LogP contribution in [0.1, 0.15) is 5.56 Å². The smallest absolute Gasteiger partial charge is 0.224 e. The fourth-order valence-electron chi connectivity index (χ4n) is 1.95. The summed E-state index contributed by atoms with van der Waals surface area (Å²) < 4.78 is 6.57. The van der Waals surface area contributed by atoms with Gasteiger partial charge >= 0.3 is 0 Å². The van der Waals surface area contributed by atoms with E-state index in [1.165, 1.54) is 10.8 Å². The highest BCUT2D eigenvalue weighted by atomic mass is 16.5. The van der Waals surface area contributed by atoms with Crippen molar-refractivity contribution in [2.45, 2.75) is 0 Å². The lowest BCUT2D eigenvalue weighted by molar-refractivity contribution is 0.417. The molecule has 21 heavy (non-hydrogen) atoms. The van der Waals surface area contributed by atoms with E-state index in [2.05, 4.69) is 26.5 Å². The largest absolute Gasteiger partial charge is 0.495 e. The maximum Gasteiger partial charge on any atom is 0.224 e. The van der Waals surface area contributed by atoms with Crippen LogP contribution < -0.4 is 15.8 Å². The fraction of sp³-hybridized carbons (Fsp3) is 0.0769. The van der Waals surface area contributed by atoms with Crippen molar-refractivity contribution in [1.82, 2.24) is 19.6 Å². The zero-order valence-electron chi connectivity index (χ0n) is 11.1. The second-order valence-electron chi connectivity index (χ2n) is 4.13. The van der Waals surface area contributed by atoms with Crippen LogP contribution >= 0.6 is 0 Å². The van der Waals surface area contributed by atoms with Crippen LogP contribution in [0.15, 0.2) is 30.6 Å². The first-order chi connectivity index (χ1) is 10.2. The molecule has 0 unspecified atom stereocenters. The Morgan fingerprint density at radius 1 is 1.33 bits per heavy atom. The molecule has 0 spiro atoms. The van der Waals surface area contributed by atoms with Crippen molar-refractivity contribution in [1.29, 1.82) is 5.26 Å². The van der Waals surface area contributed by atoms with E-state index in [1.807, 2.05) is 18.2 Å². The van der Waals surface area contributed by atoms with Gasteiger partial charge in [-0.15, -0.1) is 5.10 Å². The Bertz CT molecular complexity index is 849. The van der Waals surface area contributed by atoms with E-state index in [0.29, 0.717) is 22.9 Å². The summed E-state index contributed by atoms with van der Waals surface area (Å²) in [6.07, 6.45) is 1.29. The molecule has 0 saturated carbocycles. The van der Waals surface area contributed by atoms with Crippen LogP contribution in [0.2, 0.25) is 0 Å². The number of methoxy groups -OCH3 is 1. The van der Waals surface area contributed by atoms with E-state index in [4.69, 9.17) is 10.5 Å². The van der Waals surface area contributed by atoms with Crippen LogP contribution in [0.5, 0.6) is 5.75 Å². The Balaban J connectivity index is 2.13. The predicted octanol–water partition coefficient (Wildman–Crippen LogP) is 1.33. The van der Waals surface area contributed by atoms with Gasteiger partial charge in [0.25, 0.3) is 0 Å². The molecule has 3 rings (SSSR count). The quantitative estimate of drug-likeness (QED) is 0.744. The topological polar surface area (TPSA) is 114 Å². The Hall–Kier alpha value is -3.34. The lowest BCUT2D eigenvalue weighted by atomic mass is 10.2. The number of nitrogens with two attached hydrogens (primary N) is 1. The number of rotatable bonds is 3. The normalized spacial score (nSPS) is 10.3. The van der Waals surface area contributed by atoms with Crippen LogP contribution in [0, 0.1) is 11.3 Å². The van der Waals surface area contributed by atoms with Gasteiger partial charge in [-0.2, -0.15) is 9.78 Å². The molecule has 8 heteroatoms. The summed E-state index contributed by atoms with van der Waals surface area (Å²) in [6.45, 7) is 0. The van der Waals surface area contributed by atoms with Crippen molar-refractivity contribution in [3.05, 3.63) is 36.2 Å². The summed E-state index contributed by atoms with van der Waals surface area (Å²) in [6, 6.07) is 9.39. The van der Waals surface area contributed by atoms with Crippen molar-refractivity contribution in [3.63, 3.8) is 0 Å². The predicted molar refractivity (Wildman–Crippen MR) is 76.2 cm³/mol. The molecule has 104 valence electrons. The second-order valence-corrected chi connectivity index (χ2v) is 4.13. The average molecular weight is 281 g/mol. The molecule has 0 atom stereocenters. The maximum absolute atomic E-state index is 9.32. The Labute approximate surface area is 119 Å². The Kier molecular flexibility index (Phi) is 3.00. The molecule has 2 aromatic heterocycles. The van der Waals surface area contributed by atoms with Crippen LogP contribution in [-0.4, -0.2) is 26.7 Å². The minimum Gasteiger partial charge on any atom is -0.495 e. The summed E-state index contributed by atoms with van der Waals surface area (Å²) in [5.41, 5.74) is 7.05. The third-order valence-electron chi connectivity index (χ3n) is 2.92. The number of anilines is 3. The lowest BCUT2D eigenvalue weighted by Gasteiger charge is -2.08. The minimum atomic E-state index is 0.157. The van der Waals surface area contributed by atoms with Crippen LogP contribution in [0.3, 0.4) is 0 Å². The SMILES string of the molecule is COc1ccccc1Nc1nn2c(N)ncnc2c1C#N. The van der Waals surface area contributed by atoms with Crippen molar-refractivity contribution >= 4 is 23.1 Å². The molecule has 0 aliphatic heterocycles. The molecule has 3 aromatic rings. The molecule has 0 aliphatic carbocycles. The highest BCUT2D eigenvalue weighted by molar-refractivity contribution is 5.74. The standard InChI is InChI=1S/C13H11N7O/c1-21-10-5-3-2-4-9(10)18-11-8(6-14)12-16-7-17-13(15)20(12)19-11/h2-5,7H,1H3,(H,18,19)(H2,15,16,17). The van der Waals surface area contributed by atoms with E-state index in [0.717, 1.165) is 0 Å². The van der Waals surface area contributed by atoms with E-state index in [1.54, 1.807) is 13.2 Å². The van der Waals surface area contributed by atoms with E-state index < -0.39 is 0 Å². The number of para-hydroxylation sites is 2. The molecule has 1 aromatic carbocycles. The van der Waals surface area contributed by atoms with Gasteiger partial charge in [-0.1, -0.05) is 12.1 Å². The summed E-state index contributed by atoms with van der Waals surface area (Å²) in [5, 5.41) is 16.6. The Morgan fingerprint density at radius 2 is 2.14 bits per heavy atom. The number of nitrogens with zero attached hydrogens (tertiary/aromatic N) is 5. The van der Waals surface area contributed by atoms with Gasteiger partial charge in [0.15, 0.2) is 11.5 Å². The van der Waals surface area contributed by atoms with Crippen LogP contribution in [0.25, 0.3) is 5.65 Å². The maximum atomic E-state index is 9.32. The van der Waals surface area contributed by atoms with Gasteiger partial charge in [-0.25, -0.2) is 9.97 Å². The molecule has 2 heterocycles. The molecule has 0 amide bonds. The van der Waals surface area contributed by atoms with E-state index >= 15 is 0 Å². The van der Waals surface area contributed by atoms with Crippen LogP contribution in [0.4, 0.5) is 17.5 Å². The average Bonchev–Trinajstić information content (AvgIpc) is 2.86. The summed E-state index contributed by atoms with van der Waals surface area (Å²) in [5.74, 6) is 1.14. The van der Waals surface area contributed by atoms with Crippen molar-refractivity contribution < 1.29 is 4.74 Å². The van der Waals surface area contributed by atoms with Gasteiger partial charge in [0.2, 0.25) is 5.95 Å². The van der Waals surface area contributed by atoms with Gasteiger partial charge in [0.1, 0.15) is 23.7 Å². The van der Waals surface area contributed by atoms with Crippen molar-refractivity contribution in [3.8, 4) is 11.8 Å². The van der Waals surface area contributed by atoms with Gasteiger partial charge in [-0.05, 0) is 12.1 Å². The zero-order valence-corrected chi connectivity index (χ0v) is 11.1. The highest BCUT2D eigenvalue weighted by Gasteiger charge is 2.16. The van der Waals surface area contributed by atoms with E-state index in [-0.39, 0.29) is 11.5 Å². The summed E-state index contributed by atoms with van der Waals surface area (Å²) in [4.78, 5) is 7.88. The molecule has 8 nitrogen and oxygen atoms in total. The molecule has 0 radical (unpaired) electrons. The Morgan fingerprint density at radius 3 is 2.90 bits per heavy atom. The third-order valence-corrected chi connectivity index (χ3v) is 2.92.